The zero-order valence-electron chi connectivity index (χ0n) is 12.6. The van der Waals surface area contributed by atoms with E-state index >= 15 is 0 Å². The van der Waals surface area contributed by atoms with Gasteiger partial charge in [0.05, 0.1) is 7.11 Å². The molecule has 2 rings (SSSR count). The van der Waals surface area contributed by atoms with Gasteiger partial charge in [-0.05, 0) is 61.4 Å². The van der Waals surface area contributed by atoms with Crippen LogP contribution in [0.15, 0.2) is 36.4 Å². The third-order valence-corrected chi connectivity index (χ3v) is 3.01. The van der Waals surface area contributed by atoms with E-state index in [4.69, 9.17) is 14.2 Å². The Bertz CT molecular complexity index is 662. The lowest BCUT2D eigenvalue weighted by atomic mass is 10.2. The third-order valence-electron chi connectivity index (χ3n) is 3.01. The first-order valence-corrected chi connectivity index (χ1v) is 6.61. The Morgan fingerprint density at radius 2 is 1.43 bits per heavy atom. The molecule has 2 aromatic carbocycles. The average Bonchev–Trinajstić information content (AvgIpc) is 2.43. The Labute approximate surface area is 124 Å². The van der Waals surface area contributed by atoms with E-state index < -0.39 is 0 Å². The van der Waals surface area contributed by atoms with E-state index in [0.29, 0.717) is 5.75 Å². The molecule has 0 aliphatic heterocycles. The molecule has 0 aromatic heterocycles. The fraction of sp³-hybridized carbons (Fsp3) is 0.235. The maximum absolute atomic E-state index is 10.9. The zero-order chi connectivity index (χ0) is 15.4. The monoisotopic (exact) mass is 286 g/mol. The van der Waals surface area contributed by atoms with Crippen molar-refractivity contribution in [2.45, 2.75) is 20.8 Å². The Kier molecular flexibility index (Phi) is 4.48. The van der Waals surface area contributed by atoms with Crippen molar-refractivity contribution in [1.29, 1.82) is 0 Å². The Balaban J connectivity index is 2.21. The van der Waals surface area contributed by atoms with Gasteiger partial charge in [-0.25, -0.2) is 0 Å². The number of hydrogen-bond acceptors (Lipinski definition) is 4. The molecule has 4 nitrogen and oxygen atoms in total. The number of methoxy groups -OCH3 is 1. The van der Waals surface area contributed by atoms with Crippen molar-refractivity contribution in [3.05, 3.63) is 47.5 Å². The summed E-state index contributed by atoms with van der Waals surface area (Å²) in [4.78, 5) is 10.9. The highest BCUT2D eigenvalue weighted by Crippen LogP contribution is 2.31. The Morgan fingerprint density at radius 3 is 1.90 bits per heavy atom. The zero-order valence-corrected chi connectivity index (χ0v) is 12.6. The number of benzene rings is 2. The van der Waals surface area contributed by atoms with Crippen molar-refractivity contribution in [3.63, 3.8) is 0 Å². The van der Waals surface area contributed by atoms with Crippen LogP contribution in [0.5, 0.6) is 23.0 Å². The Hall–Kier alpha value is -2.49. The van der Waals surface area contributed by atoms with Crippen LogP contribution in [0.3, 0.4) is 0 Å². The molecule has 0 aliphatic rings. The lowest BCUT2D eigenvalue weighted by Crippen LogP contribution is -2.01. The molecular formula is C17H18O4. The summed E-state index contributed by atoms with van der Waals surface area (Å²) in [6.07, 6.45) is 0. The quantitative estimate of drug-likeness (QED) is 0.629. The molecule has 0 amide bonds. The first kappa shape index (κ1) is 14.9. The molecule has 110 valence electrons. The minimum absolute atomic E-state index is 0.339. The second-order valence-electron chi connectivity index (χ2n) is 4.75. The van der Waals surface area contributed by atoms with Gasteiger partial charge in [0.15, 0.2) is 0 Å². The molecule has 0 saturated heterocycles. The molecule has 0 unspecified atom stereocenters. The molecule has 0 N–H and O–H groups in total. The number of aryl methyl sites for hydroxylation is 2. The van der Waals surface area contributed by atoms with Crippen molar-refractivity contribution >= 4 is 5.97 Å². The predicted octanol–water partition coefficient (Wildman–Crippen LogP) is 4.03. The van der Waals surface area contributed by atoms with E-state index in [1.165, 1.54) is 6.92 Å². The highest BCUT2D eigenvalue weighted by Gasteiger charge is 2.07. The first-order chi connectivity index (χ1) is 9.99. The van der Waals surface area contributed by atoms with Crippen LogP contribution in [-0.2, 0) is 4.79 Å². The summed E-state index contributed by atoms with van der Waals surface area (Å²) in [6, 6.07) is 10.9. The lowest BCUT2D eigenvalue weighted by Gasteiger charge is -2.13. The average molecular weight is 286 g/mol. The summed E-state index contributed by atoms with van der Waals surface area (Å²) in [5, 5.41) is 0. The molecule has 0 fully saturated rings. The van der Waals surface area contributed by atoms with E-state index in [1.807, 2.05) is 32.0 Å². The van der Waals surface area contributed by atoms with Crippen LogP contribution in [0.4, 0.5) is 0 Å². The Morgan fingerprint density at radius 1 is 0.905 bits per heavy atom. The number of carbonyl (C=O) groups is 1. The lowest BCUT2D eigenvalue weighted by molar-refractivity contribution is -0.131. The topological polar surface area (TPSA) is 44.8 Å². The largest absolute Gasteiger partial charge is 0.497 e. The molecule has 4 heteroatoms. The third kappa shape index (κ3) is 3.75. The molecule has 0 heterocycles. The van der Waals surface area contributed by atoms with E-state index in [9.17, 15) is 4.79 Å². The van der Waals surface area contributed by atoms with E-state index in [1.54, 1.807) is 25.3 Å². The van der Waals surface area contributed by atoms with Crippen LogP contribution in [-0.4, -0.2) is 13.1 Å². The first-order valence-electron chi connectivity index (χ1n) is 6.61. The fourth-order valence-electron chi connectivity index (χ4n) is 1.95. The molecule has 2 aromatic rings. The molecule has 21 heavy (non-hydrogen) atoms. The van der Waals surface area contributed by atoms with Gasteiger partial charge in [0, 0.05) is 6.92 Å². The normalized spacial score (nSPS) is 10.1. The summed E-state index contributed by atoms with van der Waals surface area (Å²) in [5.41, 5.74) is 1.88. The number of esters is 1. The maximum Gasteiger partial charge on any atom is 0.308 e. The molecule has 0 atom stereocenters. The molecule has 0 spiro atoms. The highest BCUT2D eigenvalue weighted by molar-refractivity contribution is 5.69. The van der Waals surface area contributed by atoms with Crippen LogP contribution >= 0.6 is 0 Å². The van der Waals surface area contributed by atoms with Gasteiger partial charge in [-0.3, -0.25) is 4.79 Å². The van der Waals surface area contributed by atoms with Crippen molar-refractivity contribution in [3.8, 4) is 23.0 Å². The second-order valence-corrected chi connectivity index (χ2v) is 4.75. The second kappa shape index (κ2) is 6.31. The van der Waals surface area contributed by atoms with Gasteiger partial charge in [-0.15, -0.1) is 0 Å². The summed E-state index contributed by atoms with van der Waals surface area (Å²) in [5.74, 6) is 2.45. The molecule has 0 saturated carbocycles. The van der Waals surface area contributed by atoms with Gasteiger partial charge in [0.2, 0.25) is 0 Å². The van der Waals surface area contributed by atoms with Crippen LogP contribution in [0, 0.1) is 13.8 Å². The van der Waals surface area contributed by atoms with Crippen LogP contribution in [0.1, 0.15) is 18.1 Å². The van der Waals surface area contributed by atoms with Gasteiger partial charge in [0.1, 0.15) is 23.0 Å². The minimum atomic E-state index is -0.339. The van der Waals surface area contributed by atoms with E-state index in [0.717, 1.165) is 28.4 Å². The minimum Gasteiger partial charge on any atom is -0.497 e. The summed E-state index contributed by atoms with van der Waals surface area (Å²) in [7, 11) is 1.63. The van der Waals surface area contributed by atoms with Gasteiger partial charge >= 0.3 is 5.97 Å². The van der Waals surface area contributed by atoms with Crippen LogP contribution < -0.4 is 14.2 Å². The molecule has 0 radical (unpaired) electrons. The van der Waals surface area contributed by atoms with E-state index in [2.05, 4.69) is 0 Å². The number of hydrogen-bond donors (Lipinski definition) is 0. The van der Waals surface area contributed by atoms with Gasteiger partial charge in [0.25, 0.3) is 0 Å². The van der Waals surface area contributed by atoms with Crippen molar-refractivity contribution in [1.82, 2.24) is 0 Å². The highest BCUT2D eigenvalue weighted by atomic mass is 16.5. The number of carbonyl (C=O) groups excluding carboxylic acids is 1. The van der Waals surface area contributed by atoms with Gasteiger partial charge < -0.3 is 14.2 Å². The SMILES string of the molecule is COc1ccc(Oc2ccc(OC(C)=O)cc2C)c(C)c1. The predicted molar refractivity (Wildman–Crippen MR) is 80.3 cm³/mol. The van der Waals surface area contributed by atoms with Crippen molar-refractivity contribution < 1.29 is 19.0 Å². The van der Waals surface area contributed by atoms with Crippen LogP contribution in [0.2, 0.25) is 0 Å². The molecule has 0 aliphatic carbocycles. The van der Waals surface area contributed by atoms with Crippen molar-refractivity contribution in [2.75, 3.05) is 7.11 Å². The standard InChI is InChI=1S/C17H18O4/c1-11-9-14(19-4)5-7-16(11)21-17-8-6-15(10-12(17)2)20-13(3)18/h5-10H,1-4H3. The smallest absolute Gasteiger partial charge is 0.308 e. The molecular weight excluding hydrogens is 268 g/mol. The summed E-state index contributed by atoms with van der Waals surface area (Å²) >= 11 is 0. The summed E-state index contributed by atoms with van der Waals surface area (Å²) < 4.78 is 16.1. The molecule has 0 bridgehead atoms. The number of ether oxygens (including phenoxy) is 3. The van der Waals surface area contributed by atoms with Gasteiger partial charge in [-0.1, -0.05) is 0 Å². The van der Waals surface area contributed by atoms with Gasteiger partial charge in [-0.2, -0.15) is 0 Å². The number of rotatable bonds is 4. The van der Waals surface area contributed by atoms with E-state index in [-0.39, 0.29) is 5.97 Å². The van der Waals surface area contributed by atoms with Crippen LogP contribution in [0.25, 0.3) is 0 Å². The maximum atomic E-state index is 10.9. The summed E-state index contributed by atoms with van der Waals surface area (Å²) in [6.45, 7) is 5.24. The van der Waals surface area contributed by atoms with Crippen molar-refractivity contribution in [2.24, 2.45) is 0 Å². The fourth-order valence-corrected chi connectivity index (χ4v) is 1.95.